The summed E-state index contributed by atoms with van der Waals surface area (Å²) < 4.78 is 38.9. The minimum atomic E-state index is -4.60. The molecule has 0 unspecified atom stereocenters. The molecule has 2 amide bonds. The fourth-order valence-corrected chi connectivity index (χ4v) is 3.69. The van der Waals surface area contributed by atoms with Crippen molar-refractivity contribution in [1.82, 2.24) is 9.88 Å². The quantitative estimate of drug-likeness (QED) is 0.661. The highest BCUT2D eigenvalue weighted by molar-refractivity contribution is 6.38. The number of rotatable bonds is 2. The first-order chi connectivity index (χ1) is 13.2. The van der Waals surface area contributed by atoms with Crippen LogP contribution >= 0.6 is 34.8 Å². The van der Waals surface area contributed by atoms with Gasteiger partial charge in [-0.2, -0.15) is 13.2 Å². The lowest BCUT2D eigenvalue weighted by atomic mass is 10.2. The Labute approximate surface area is 174 Å². The maximum absolute atomic E-state index is 13.0. The van der Waals surface area contributed by atoms with Gasteiger partial charge in [-0.15, -0.1) is 0 Å². The summed E-state index contributed by atoms with van der Waals surface area (Å²) in [7, 11) is 0. The van der Waals surface area contributed by atoms with Gasteiger partial charge < -0.3 is 15.1 Å². The summed E-state index contributed by atoms with van der Waals surface area (Å²) in [6.45, 7) is 1.62. The van der Waals surface area contributed by atoms with Gasteiger partial charge in [-0.05, 0) is 18.2 Å². The molecule has 28 heavy (non-hydrogen) atoms. The van der Waals surface area contributed by atoms with Gasteiger partial charge in [0.25, 0.3) is 0 Å². The molecule has 1 fully saturated rings. The fourth-order valence-electron chi connectivity index (χ4n) is 2.86. The summed E-state index contributed by atoms with van der Waals surface area (Å²) >= 11 is 17.9. The van der Waals surface area contributed by atoms with Gasteiger partial charge in [-0.1, -0.05) is 34.8 Å². The van der Waals surface area contributed by atoms with Gasteiger partial charge in [0.15, 0.2) is 0 Å². The van der Waals surface area contributed by atoms with Crippen molar-refractivity contribution in [2.75, 3.05) is 36.4 Å². The molecule has 1 aliphatic rings. The molecule has 1 N–H and O–H groups in total. The highest BCUT2D eigenvalue weighted by Gasteiger charge is 2.33. The van der Waals surface area contributed by atoms with Gasteiger partial charge in [0.1, 0.15) is 0 Å². The van der Waals surface area contributed by atoms with Gasteiger partial charge in [0, 0.05) is 44.3 Å². The van der Waals surface area contributed by atoms with Crippen molar-refractivity contribution in [3.63, 3.8) is 0 Å². The highest BCUT2D eigenvalue weighted by Crippen LogP contribution is 2.36. The Morgan fingerprint density at radius 1 is 1.00 bits per heavy atom. The lowest BCUT2D eigenvalue weighted by Crippen LogP contribution is -2.50. The number of nitrogens with zero attached hydrogens (tertiary/aromatic N) is 3. The summed E-state index contributed by atoms with van der Waals surface area (Å²) in [5.74, 6) is 0. The summed E-state index contributed by atoms with van der Waals surface area (Å²) in [6.07, 6.45) is -1.63. The molecular formula is C17H14Cl3F3N4O. The third kappa shape index (κ3) is 4.56. The van der Waals surface area contributed by atoms with E-state index >= 15 is 0 Å². The van der Waals surface area contributed by atoms with Crippen LogP contribution in [0.5, 0.6) is 0 Å². The summed E-state index contributed by atoms with van der Waals surface area (Å²) in [5, 5.41) is 2.87. The van der Waals surface area contributed by atoms with Crippen molar-refractivity contribution < 1.29 is 18.0 Å². The average molecular weight is 454 g/mol. The van der Waals surface area contributed by atoms with Crippen LogP contribution in [-0.4, -0.2) is 42.1 Å². The molecule has 1 aliphatic heterocycles. The van der Waals surface area contributed by atoms with Gasteiger partial charge in [0.2, 0.25) is 0 Å². The van der Waals surface area contributed by atoms with Crippen LogP contribution in [0.25, 0.3) is 0 Å². The smallest absolute Gasteiger partial charge is 0.365 e. The molecule has 0 radical (unpaired) electrons. The van der Waals surface area contributed by atoms with Crippen LogP contribution in [0.2, 0.25) is 15.1 Å². The van der Waals surface area contributed by atoms with Crippen molar-refractivity contribution in [3.8, 4) is 0 Å². The van der Waals surface area contributed by atoms with E-state index in [0.29, 0.717) is 41.9 Å². The predicted octanol–water partition coefficient (Wildman–Crippen LogP) is 5.41. The minimum Gasteiger partial charge on any atom is -0.365 e. The van der Waals surface area contributed by atoms with Gasteiger partial charge in [0.05, 0.1) is 26.3 Å². The number of hydrogen-bond donors (Lipinski definition) is 1. The van der Waals surface area contributed by atoms with E-state index in [1.807, 2.05) is 4.90 Å². The molecule has 1 saturated heterocycles. The molecule has 0 bridgehead atoms. The molecule has 0 saturated carbocycles. The van der Waals surface area contributed by atoms with E-state index in [4.69, 9.17) is 34.8 Å². The van der Waals surface area contributed by atoms with Crippen LogP contribution < -0.4 is 10.2 Å². The number of hydrogen-bond acceptors (Lipinski definition) is 3. The summed E-state index contributed by atoms with van der Waals surface area (Å²) in [4.78, 5) is 19.7. The number of nitrogens with one attached hydrogen (secondary N) is 1. The molecule has 11 heteroatoms. The molecule has 0 spiro atoms. The van der Waals surface area contributed by atoms with E-state index in [0.717, 1.165) is 12.1 Å². The molecule has 2 heterocycles. The predicted molar refractivity (Wildman–Crippen MR) is 104 cm³/mol. The molecule has 2 aromatic rings. The number of anilines is 2. The first-order valence-corrected chi connectivity index (χ1v) is 9.27. The number of aromatic nitrogens is 1. The third-order valence-corrected chi connectivity index (χ3v) is 5.12. The Morgan fingerprint density at radius 3 is 2.18 bits per heavy atom. The van der Waals surface area contributed by atoms with Crippen LogP contribution in [0.1, 0.15) is 5.56 Å². The molecule has 150 valence electrons. The Morgan fingerprint density at radius 2 is 1.61 bits per heavy atom. The lowest BCUT2D eigenvalue weighted by molar-refractivity contribution is -0.137. The van der Waals surface area contributed by atoms with E-state index < -0.39 is 22.8 Å². The Kier molecular flexibility index (Phi) is 6.12. The second kappa shape index (κ2) is 8.23. The van der Waals surface area contributed by atoms with E-state index in [1.165, 1.54) is 23.4 Å². The molecular weight excluding hydrogens is 440 g/mol. The van der Waals surface area contributed by atoms with Crippen molar-refractivity contribution >= 4 is 52.2 Å². The lowest BCUT2D eigenvalue weighted by Gasteiger charge is -2.36. The topological polar surface area (TPSA) is 48.5 Å². The van der Waals surface area contributed by atoms with E-state index in [1.54, 1.807) is 0 Å². The normalized spacial score (nSPS) is 14.9. The third-order valence-electron chi connectivity index (χ3n) is 4.23. The van der Waals surface area contributed by atoms with Gasteiger partial charge in [-0.25, -0.2) is 4.79 Å². The molecule has 0 atom stereocenters. The first kappa shape index (κ1) is 20.8. The zero-order valence-corrected chi connectivity index (χ0v) is 16.5. The Balaban J connectivity index is 1.65. The van der Waals surface area contributed by atoms with Crippen molar-refractivity contribution in [3.05, 3.63) is 51.2 Å². The van der Waals surface area contributed by atoms with Crippen molar-refractivity contribution in [1.29, 1.82) is 0 Å². The summed E-state index contributed by atoms with van der Waals surface area (Å²) in [5.41, 5.74) is -0.339. The highest BCUT2D eigenvalue weighted by atomic mass is 35.5. The second-order valence-electron chi connectivity index (χ2n) is 6.05. The van der Waals surface area contributed by atoms with Crippen molar-refractivity contribution in [2.45, 2.75) is 6.18 Å². The first-order valence-electron chi connectivity index (χ1n) is 8.13. The Bertz CT molecular complexity index is 866. The summed E-state index contributed by atoms with van der Waals surface area (Å²) in [6, 6.07) is 2.74. The van der Waals surface area contributed by atoms with Crippen LogP contribution in [-0.2, 0) is 6.18 Å². The number of pyridine rings is 1. The minimum absolute atomic E-state index is 0.0179. The Hall–Kier alpha value is -1.90. The number of alkyl halides is 3. The van der Waals surface area contributed by atoms with Crippen molar-refractivity contribution in [2.24, 2.45) is 0 Å². The number of amides is 2. The molecule has 5 nitrogen and oxygen atoms in total. The number of carbonyl (C=O) groups is 1. The largest absolute Gasteiger partial charge is 0.417 e. The fraction of sp³-hybridized carbons (Fsp3) is 0.294. The second-order valence-corrected chi connectivity index (χ2v) is 7.27. The van der Waals surface area contributed by atoms with Crippen LogP contribution in [0, 0.1) is 0 Å². The van der Waals surface area contributed by atoms with Gasteiger partial charge in [-0.3, -0.25) is 4.98 Å². The molecule has 1 aromatic heterocycles. The number of urea groups is 1. The standard InChI is InChI=1S/C17H14Cl3F3N4O/c18-12-2-1-10(7-11(12)17(21,22)23)25-16(28)27-5-3-26(4-6-27)15-13(19)8-24-9-14(15)20/h1-2,7-9H,3-6H2,(H,25,28). The average Bonchev–Trinajstić information content (AvgIpc) is 2.63. The molecule has 1 aromatic carbocycles. The molecule has 0 aliphatic carbocycles. The van der Waals surface area contributed by atoms with E-state index in [2.05, 4.69) is 10.3 Å². The maximum Gasteiger partial charge on any atom is 0.417 e. The number of benzene rings is 1. The van der Waals surface area contributed by atoms with E-state index in [9.17, 15) is 18.0 Å². The zero-order chi connectivity index (χ0) is 20.5. The van der Waals surface area contributed by atoms with Gasteiger partial charge >= 0.3 is 12.2 Å². The van der Waals surface area contributed by atoms with Crippen LogP contribution in [0.15, 0.2) is 30.6 Å². The number of piperazine rings is 1. The maximum atomic E-state index is 13.0. The molecule has 3 rings (SSSR count). The zero-order valence-electron chi connectivity index (χ0n) is 14.2. The number of halogens is 6. The number of carbonyl (C=O) groups excluding carboxylic acids is 1. The monoisotopic (exact) mass is 452 g/mol. The van der Waals surface area contributed by atoms with Crippen LogP contribution in [0.4, 0.5) is 29.3 Å². The van der Waals surface area contributed by atoms with Crippen LogP contribution in [0.3, 0.4) is 0 Å². The van der Waals surface area contributed by atoms with E-state index in [-0.39, 0.29) is 5.69 Å². The SMILES string of the molecule is O=C(Nc1ccc(Cl)c(C(F)(F)F)c1)N1CCN(c2c(Cl)cncc2Cl)CC1.